The van der Waals surface area contributed by atoms with E-state index in [4.69, 9.17) is 11.6 Å². The van der Waals surface area contributed by atoms with Gasteiger partial charge in [-0.2, -0.15) is 0 Å². The summed E-state index contributed by atoms with van der Waals surface area (Å²) in [5.41, 5.74) is 0.277. The molecule has 10 heavy (non-hydrogen) atoms. The van der Waals surface area contributed by atoms with Gasteiger partial charge < -0.3 is 0 Å². The molecule has 0 aliphatic heterocycles. The average Bonchev–Trinajstić information content (AvgIpc) is 1.82. The minimum atomic E-state index is -0.772. The van der Waals surface area contributed by atoms with Crippen LogP contribution in [0.15, 0.2) is 12.1 Å². The monoisotopic (exact) mass is 161 g/mol. The average molecular weight is 162 g/mol. The molecule has 0 unspecified atom stereocenters. The molecule has 1 radical (unpaired) electrons. The maximum absolute atomic E-state index is 12.4. The van der Waals surface area contributed by atoms with Crippen LogP contribution in [0.1, 0.15) is 5.56 Å². The van der Waals surface area contributed by atoms with Gasteiger partial charge in [0.2, 0.25) is 0 Å². The fourth-order valence-corrected chi connectivity index (χ4v) is 0.717. The summed E-state index contributed by atoms with van der Waals surface area (Å²) in [5, 5.41) is -0.479. The molecule has 0 aromatic heterocycles. The molecule has 0 amide bonds. The van der Waals surface area contributed by atoms with Gasteiger partial charge in [-0.3, -0.25) is 0 Å². The molecule has 0 fully saturated rings. The van der Waals surface area contributed by atoms with Gasteiger partial charge in [-0.1, -0.05) is 11.6 Å². The van der Waals surface area contributed by atoms with Crippen molar-refractivity contribution in [2.45, 2.75) is 0 Å². The molecular formula is C7H4ClF2. The van der Waals surface area contributed by atoms with Crippen molar-refractivity contribution >= 4 is 11.6 Å². The maximum Gasteiger partial charge on any atom is 0.145 e. The maximum atomic E-state index is 12.4. The molecule has 0 N–H and O–H groups in total. The molecule has 0 aliphatic carbocycles. The molecule has 1 aromatic carbocycles. The Balaban J connectivity index is 3.31. The lowest BCUT2D eigenvalue weighted by Crippen LogP contribution is -1.84. The largest absolute Gasteiger partial charge is 0.205 e. The van der Waals surface area contributed by atoms with Crippen LogP contribution in [0, 0.1) is 18.6 Å². The Labute approximate surface area is 62.4 Å². The van der Waals surface area contributed by atoms with E-state index < -0.39 is 16.7 Å². The van der Waals surface area contributed by atoms with Gasteiger partial charge in [0.25, 0.3) is 0 Å². The van der Waals surface area contributed by atoms with E-state index >= 15 is 0 Å². The highest BCUT2D eigenvalue weighted by Gasteiger charge is 2.05. The van der Waals surface area contributed by atoms with Crippen LogP contribution in [0.2, 0.25) is 5.02 Å². The second-order valence-corrected chi connectivity index (χ2v) is 2.25. The SMILES string of the molecule is [CH2]c1cc(F)c(Cl)c(F)c1. The minimum absolute atomic E-state index is 0.277. The van der Waals surface area contributed by atoms with Gasteiger partial charge in [0.1, 0.15) is 16.7 Å². The first-order valence-electron chi connectivity index (χ1n) is 2.58. The van der Waals surface area contributed by atoms with Gasteiger partial charge in [-0.25, -0.2) is 8.78 Å². The molecule has 0 saturated carbocycles. The minimum Gasteiger partial charge on any atom is -0.205 e. The lowest BCUT2D eigenvalue weighted by atomic mass is 10.2. The molecule has 1 rings (SSSR count). The van der Waals surface area contributed by atoms with Crippen molar-refractivity contribution in [1.82, 2.24) is 0 Å². The molecule has 53 valence electrons. The van der Waals surface area contributed by atoms with Crippen LogP contribution < -0.4 is 0 Å². The van der Waals surface area contributed by atoms with E-state index in [0.29, 0.717) is 0 Å². The van der Waals surface area contributed by atoms with Crippen molar-refractivity contribution in [2.75, 3.05) is 0 Å². The summed E-state index contributed by atoms with van der Waals surface area (Å²) < 4.78 is 24.9. The first-order valence-corrected chi connectivity index (χ1v) is 2.95. The molecule has 0 aliphatic rings. The van der Waals surface area contributed by atoms with Crippen LogP contribution in [-0.2, 0) is 0 Å². The first-order chi connectivity index (χ1) is 4.61. The van der Waals surface area contributed by atoms with Gasteiger partial charge in [-0.15, -0.1) is 0 Å². The number of hydrogen-bond acceptors (Lipinski definition) is 0. The molecule has 0 atom stereocenters. The van der Waals surface area contributed by atoms with Crippen molar-refractivity contribution in [3.05, 3.63) is 41.3 Å². The first kappa shape index (κ1) is 7.48. The Morgan fingerprint density at radius 2 is 1.60 bits per heavy atom. The van der Waals surface area contributed by atoms with Crippen LogP contribution in [0.4, 0.5) is 8.78 Å². The number of benzene rings is 1. The third-order valence-electron chi connectivity index (χ3n) is 1.04. The zero-order valence-corrected chi connectivity index (χ0v) is 5.75. The predicted octanol–water partition coefficient (Wildman–Crippen LogP) is 2.80. The summed E-state index contributed by atoms with van der Waals surface area (Å²) in [4.78, 5) is 0. The van der Waals surface area contributed by atoms with Crippen LogP contribution >= 0.6 is 11.6 Å². The Morgan fingerprint density at radius 3 is 2.00 bits per heavy atom. The fourth-order valence-electron chi connectivity index (χ4n) is 0.608. The highest BCUT2D eigenvalue weighted by atomic mass is 35.5. The van der Waals surface area contributed by atoms with Crippen molar-refractivity contribution in [3.8, 4) is 0 Å². The molecule has 0 spiro atoms. The number of halogens is 3. The standard InChI is InChI=1S/C7H4ClF2/c1-4-2-5(9)7(8)6(10)3-4/h2-3H,1H2. The Hall–Kier alpha value is -0.630. The van der Waals surface area contributed by atoms with Crippen LogP contribution in [0.25, 0.3) is 0 Å². The summed E-state index contributed by atoms with van der Waals surface area (Å²) >= 11 is 5.17. The van der Waals surface area contributed by atoms with E-state index in [-0.39, 0.29) is 5.56 Å². The van der Waals surface area contributed by atoms with Gasteiger partial charge in [-0.05, 0) is 24.6 Å². The van der Waals surface area contributed by atoms with Crippen LogP contribution in [-0.4, -0.2) is 0 Å². The van der Waals surface area contributed by atoms with Gasteiger partial charge in [0.15, 0.2) is 0 Å². The van der Waals surface area contributed by atoms with Gasteiger partial charge in [0, 0.05) is 0 Å². The molecule has 0 heterocycles. The predicted molar refractivity (Wildman–Crippen MR) is 35.8 cm³/mol. The topological polar surface area (TPSA) is 0 Å². The summed E-state index contributed by atoms with van der Waals surface area (Å²) in [7, 11) is 0. The molecule has 0 bridgehead atoms. The Kier molecular flexibility index (Phi) is 1.90. The van der Waals surface area contributed by atoms with E-state index in [2.05, 4.69) is 6.92 Å². The van der Waals surface area contributed by atoms with E-state index in [0.717, 1.165) is 12.1 Å². The van der Waals surface area contributed by atoms with Crippen LogP contribution in [0.3, 0.4) is 0 Å². The zero-order valence-electron chi connectivity index (χ0n) is 5.00. The smallest absolute Gasteiger partial charge is 0.145 e. The second kappa shape index (κ2) is 2.54. The van der Waals surface area contributed by atoms with Crippen molar-refractivity contribution in [2.24, 2.45) is 0 Å². The summed E-state index contributed by atoms with van der Waals surface area (Å²) in [6.45, 7) is 3.34. The second-order valence-electron chi connectivity index (χ2n) is 1.87. The van der Waals surface area contributed by atoms with Gasteiger partial charge >= 0.3 is 0 Å². The number of rotatable bonds is 0. The van der Waals surface area contributed by atoms with E-state index in [9.17, 15) is 8.78 Å². The Bertz CT molecular complexity index is 235. The summed E-state index contributed by atoms with van der Waals surface area (Å²) in [6.07, 6.45) is 0. The highest BCUT2D eigenvalue weighted by Crippen LogP contribution is 2.19. The van der Waals surface area contributed by atoms with Crippen molar-refractivity contribution in [1.29, 1.82) is 0 Å². The van der Waals surface area contributed by atoms with E-state index in [1.54, 1.807) is 0 Å². The fraction of sp³-hybridized carbons (Fsp3) is 0. The quantitative estimate of drug-likeness (QED) is 0.514. The molecule has 3 heteroatoms. The number of hydrogen-bond donors (Lipinski definition) is 0. The normalized spacial score (nSPS) is 10.0. The summed E-state index contributed by atoms with van der Waals surface area (Å²) in [6, 6.07) is 2.15. The van der Waals surface area contributed by atoms with Crippen LogP contribution in [0.5, 0.6) is 0 Å². The third kappa shape index (κ3) is 1.27. The van der Waals surface area contributed by atoms with Gasteiger partial charge in [0.05, 0.1) is 0 Å². The third-order valence-corrected chi connectivity index (χ3v) is 1.40. The molecular weight excluding hydrogens is 158 g/mol. The summed E-state index contributed by atoms with van der Waals surface area (Å²) in [5.74, 6) is -1.54. The Morgan fingerprint density at radius 1 is 1.20 bits per heavy atom. The molecule has 1 aromatic rings. The lowest BCUT2D eigenvalue weighted by molar-refractivity contribution is 0.583. The molecule has 0 nitrogen and oxygen atoms in total. The zero-order chi connectivity index (χ0) is 7.72. The van der Waals surface area contributed by atoms with Crippen molar-refractivity contribution in [3.63, 3.8) is 0 Å². The van der Waals surface area contributed by atoms with E-state index in [1.165, 1.54) is 0 Å². The lowest BCUT2D eigenvalue weighted by Gasteiger charge is -1.96. The molecule has 0 saturated heterocycles. The van der Waals surface area contributed by atoms with Crippen molar-refractivity contribution < 1.29 is 8.78 Å². The highest BCUT2D eigenvalue weighted by molar-refractivity contribution is 6.30. The van der Waals surface area contributed by atoms with E-state index in [1.807, 2.05) is 0 Å².